The topological polar surface area (TPSA) is 76.5 Å². The largest absolute Gasteiger partial charge is 0.379 e. The number of morpholine rings is 1. The van der Waals surface area contributed by atoms with Crippen molar-refractivity contribution < 1.29 is 21.9 Å². The number of alkyl halides is 1. The maximum Gasteiger partial charge on any atom is 0.243 e. The molecule has 0 unspecified atom stereocenters. The van der Waals surface area contributed by atoms with Gasteiger partial charge in [0.1, 0.15) is 12.5 Å². The van der Waals surface area contributed by atoms with E-state index >= 15 is 0 Å². The minimum Gasteiger partial charge on any atom is -0.379 e. The number of nitrogens with zero attached hydrogens (tertiary/aromatic N) is 3. The molecule has 0 spiro atoms. The van der Waals surface area contributed by atoms with Crippen molar-refractivity contribution in [1.29, 1.82) is 0 Å². The molecule has 1 saturated heterocycles. The lowest BCUT2D eigenvalue weighted by Gasteiger charge is -2.26. The number of hydrogen-bond acceptors (Lipinski definition) is 5. The summed E-state index contributed by atoms with van der Waals surface area (Å²) in [6.45, 7) is 2.37. The van der Waals surface area contributed by atoms with E-state index in [-0.39, 0.29) is 17.3 Å². The van der Waals surface area contributed by atoms with Gasteiger partial charge in [-0.1, -0.05) is 0 Å². The summed E-state index contributed by atoms with van der Waals surface area (Å²) in [5, 5.41) is 8.05. The van der Waals surface area contributed by atoms with Gasteiger partial charge in [0.05, 0.1) is 30.2 Å². The first kappa shape index (κ1) is 20.7. The van der Waals surface area contributed by atoms with E-state index in [1.165, 1.54) is 21.1 Å². The second-order valence-corrected chi connectivity index (χ2v) is 8.98. The molecule has 160 valence electrons. The number of nitrogens with one attached hydrogen (secondary N) is 1. The lowest BCUT2D eigenvalue weighted by molar-refractivity contribution is 0.0730. The highest BCUT2D eigenvalue weighted by Crippen LogP contribution is 2.30. The molecule has 10 heteroatoms. The van der Waals surface area contributed by atoms with Crippen molar-refractivity contribution in [1.82, 2.24) is 14.1 Å². The van der Waals surface area contributed by atoms with Crippen LogP contribution in [0, 0.1) is 12.7 Å². The van der Waals surface area contributed by atoms with E-state index in [1.54, 1.807) is 31.2 Å². The van der Waals surface area contributed by atoms with Crippen LogP contribution in [0.5, 0.6) is 0 Å². The van der Waals surface area contributed by atoms with Crippen LogP contribution in [0.3, 0.4) is 0 Å². The van der Waals surface area contributed by atoms with Crippen molar-refractivity contribution in [3.63, 3.8) is 0 Å². The van der Waals surface area contributed by atoms with Crippen molar-refractivity contribution >= 4 is 32.4 Å². The van der Waals surface area contributed by atoms with Gasteiger partial charge in [0.25, 0.3) is 0 Å². The summed E-state index contributed by atoms with van der Waals surface area (Å²) in [5.74, 6) is 0.0516. The molecular formula is C20H22F2N4O3S. The van der Waals surface area contributed by atoms with Crippen molar-refractivity contribution in [2.45, 2.75) is 18.4 Å². The van der Waals surface area contributed by atoms with Crippen LogP contribution in [0.4, 0.5) is 20.3 Å². The fourth-order valence-corrected chi connectivity index (χ4v) is 4.89. The zero-order valence-electron chi connectivity index (χ0n) is 16.4. The number of aryl methyl sites for hydroxylation is 2. The van der Waals surface area contributed by atoms with E-state index in [1.807, 2.05) is 0 Å². The molecule has 1 N–H and O–H groups in total. The van der Waals surface area contributed by atoms with Gasteiger partial charge in [-0.25, -0.2) is 17.2 Å². The van der Waals surface area contributed by atoms with E-state index in [2.05, 4.69) is 10.4 Å². The summed E-state index contributed by atoms with van der Waals surface area (Å²) < 4.78 is 60.8. The number of hydrogen-bond donors (Lipinski definition) is 1. The molecule has 0 bridgehead atoms. The predicted molar refractivity (Wildman–Crippen MR) is 110 cm³/mol. The number of fused-ring (bicyclic) bond motifs is 1. The summed E-state index contributed by atoms with van der Waals surface area (Å²) in [6, 6.07) is 9.22. The predicted octanol–water partition coefficient (Wildman–Crippen LogP) is 3.22. The van der Waals surface area contributed by atoms with Crippen LogP contribution in [-0.4, -0.2) is 55.5 Å². The van der Waals surface area contributed by atoms with Crippen molar-refractivity contribution in [2.24, 2.45) is 0 Å². The van der Waals surface area contributed by atoms with Crippen molar-refractivity contribution in [3.8, 4) is 0 Å². The van der Waals surface area contributed by atoms with Crippen molar-refractivity contribution in [2.75, 3.05) is 38.3 Å². The Morgan fingerprint density at radius 1 is 1.17 bits per heavy atom. The van der Waals surface area contributed by atoms with Crippen LogP contribution >= 0.6 is 0 Å². The molecule has 2 aromatic carbocycles. The molecule has 0 saturated carbocycles. The van der Waals surface area contributed by atoms with Crippen LogP contribution in [0.1, 0.15) is 5.56 Å². The Balaban J connectivity index is 1.77. The van der Waals surface area contributed by atoms with Crippen LogP contribution in [0.25, 0.3) is 10.9 Å². The Kier molecular flexibility index (Phi) is 5.72. The standard InChI is InChI=1S/C20H22F2N4O3S/c1-14-12-15(2-4-18(14)22)23-20-17-13-16(3-5-19(17)26(24-20)7-6-21)30(27,28)25-8-10-29-11-9-25/h2-5,12-13H,6-11H2,1H3,(H,23,24). The number of benzene rings is 2. The minimum absolute atomic E-state index is 0.0379. The van der Waals surface area contributed by atoms with Gasteiger partial charge in [0, 0.05) is 24.2 Å². The first-order valence-corrected chi connectivity index (χ1v) is 11.0. The molecule has 0 atom stereocenters. The van der Waals surface area contributed by atoms with Gasteiger partial charge in [-0.15, -0.1) is 0 Å². The van der Waals surface area contributed by atoms with Gasteiger partial charge in [-0.2, -0.15) is 9.40 Å². The highest BCUT2D eigenvalue weighted by molar-refractivity contribution is 7.89. The fraction of sp³-hybridized carbons (Fsp3) is 0.350. The van der Waals surface area contributed by atoms with Crippen molar-refractivity contribution in [3.05, 3.63) is 47.8 Å². The molecule has 0 aliphatic carbocycles. The molecule has 4 rings (SSSR count). The van der Waals surface area contributed by atoms with Crippen LogP contribution in [0.2, 0.25) is 0 Å². The second kappa shape index (κ2) is 8.29. The van der Waals surface area contributed by atoms with Gasteiger partial charge in [0.2, 0.25) is 10.0 Å². The summed E-state index contributed by atoms with van der Waals surface area (Å²) in [5.41, 5.74) is 1.67. The van der Waals surface area contributed by atoms with E-state index in [4.69, 9.17) is 4.74 Å². The van der Waals surface area contributed by atoms with Crippen LogP contribution in [0.15, 0.2) is 41.3 Å². The molecule has 30 heavy (non-hydrogen) atoms. The molecule has 1 fully saturated rings. The average Bonchev–Trinajstić information content (AvgIpc) is 3.08. The summed E-state index contributed by atoms with van der Waals surface area (Å²) in [6.07, 6.45) is 0. The zero-order chi connectivity index (χ0) is 21.3. The third kappa shape index (κ3) is 3.90. The molecule has 1 aliphatic rings. The second-order valence-electron chi connectivity index (χ2n) is 7.05. The average molecular weight is 436 g/mol. The molecule has 1 aromatic heterocycles. The number of rotatable bonds is 6. The first-order chi connectivity index (χ1) is 14.4. The molecule has 2 heterocycles. The Labute approximate surface area is 173 Å². The molecular weight excluding hydrogens is 414 g/mol. The summed E-state index contributed by atoms with van der Waals surface area (Å²) in [4.78, 5) is 0.134. The number of aromatic nitrogens is 2. The monoisotopic (exact) mass is 436 g/mol. The number of anilines is 2. The van der Waals surface area contributed by atoms with E-state index in [9.17, 15) is 17.2 Å². The van der Waals surface area contributed by atoms with Gasteiger partial charge >= 0.3 is 0 Å². The van der Waals surface area contributed by atoms with Gasteiger partial charge in [-0.3, -0.25) is 4.68 Å². The van der Waals surface area contributed by atoms with Crippen LogP contribution < -0.4 is 5.32 Å². The third-order valence-corrected chi connectivity index (χ3v) is 6.94. The number of halogens is 2. The van der Waals surface area contributed by atoms with E-state index in [0.29, 0.717) is 54.3 Å². The minimum atomic E-state index is -3.69. The lowest BCUT2D eigenvalue weighted by atomic mass is 10.2. The smallest absolute Gasteiger partial charge is 0.243 e. The SMILES string of the molecule is Cc1cc(Nc2nn(CCF)c3ccc(S(=O)(=O)N4CCOCC4)cc23)ccc1F. The fourth-order valence-electron chi connectivity index (χ4n) is 3.46. The quantitative estimate of drug-likeness (QED) is 0.642. The van der Waals surface area contributed by atoms with Gasteiger partial charge in [0.15, 0.2) is 5.82 Å². The number of ether oxygens (including phenoxy) is 1. The highest BCUT2D eigenvalue weighted by atomic mass is 32.2. The molecule has 0 radical (unpaired) electrons. The molecule has 7 nitrogen and oxygen atoms in total. The third-order valence-electron chi connectivity index (χ3n) is 5.05. The van der Waals surface area contributed by atoms with E-state index in [0.717, 1.165) is 0 Å². The molecule has 0 amide bonds. The van der Waals surface area contributed by atoms with Gasteiger partial charge < -0.3 is 10.1 Å². The molecule has 1 aliphatic heterocycles. The summed E-state index contributed by atoms with van der Waals surface area (Å²) >= 11 is 0. The Morgan fingerprint density at radius 3 is 2.63 bits per heavy atom. The zero-order valence-corrected chi connectivity index (χ0v) is 17.3. The Bertz CT molecular complexity index is 1170. The number of sulfonamides is 1. The van der Waals surface area contributed by atoms with E-state index < -0.39 is 16.7 Å². The highest BCUT2D eigenvalue weighted by Gasteiger charge is 2.27. The lowest BCUT2D eigenvalue weighted by Crippen LogP contribution is -2.40. The summed E-state index contributed by atoms with van der Waals surface area (Å²) in [7, 11) is -3.69. The molecule has 3 aromatic rings. The maximum absolute atomic E-state index is 13.6. The van der Waals surface area contributed by atoms with Gasteiger partial charge in [-0.05, 0) is 48.9 Å². The Hall–Kier alpha value is -2.56. The Morgan fingerprint density at radius 2 is 1.93 bits per heavy atom. The van der Waals surface area contributed by atoms with Crippen LogP contribution in [-0.2, 0) is 21.3 Å². The first-order valence-electron chi connectivity index (χ1n) is 9.58. The maximum atomic E-state index is 13.6. The normalized spacial score (nSPS) is 15.6.